The molecular weight excluding hydrogens is 522 g/mol. The highest BCUT2D eigenvalue weighted by Gasteiger charge is 2.67. The molecule has 3 aliphatic heterocycles. The van der Waals surface area contributed by atoms with Crippen LogP contribution >= 0.6 is 11.6 Å². The average molecular weight is 558 g/mol. The predicted octanol–water partition coefficient (Wildman–Crippen LogP) is 4.48. The Labute approximate surface area is 241 Å². The summed E-state index contributed by atoms with van der Waals surface area (Å²) in [5, 5.41) is 13.0. The van der Waals surface area contributed by atoms with E-state index in [1.165, 1.54) is 12.8 Å². The zero-order valence-electron chi connectivity index (χ0n) is 23.6. The molecule has 3 fully saturated rings. The first-order valence-electron chi connectivity index (χ1n) is 14.2. The number of benzene rings is 1. The van der Waals surface area contributed by atoms with Gasteiger partial charge in [0.15, 0.2) is 0 Å². The minimum absolute atomic E-state index is 0.0182. The molecule has 7 nitrogen and oxygen atoms in total. The number of aromatic nitrogens is 1. The molecule has 8 heteroatoms. The summed E-state index contributed by atoms with van der Waals surface area (Å²) in [6.07, 6.45) is 2.30. The zero-order valence-corrected chi connectivity index (χ0v) is 24.4. The van der Waals surface area contributed by atoms with Gasteiger partial charge in [-0.15, -0.1) is 0 Å². The van der Waals surface area contributed by atoms with E-state index in [4.69, 9.17) is 21.3 Å². The number of rotatable bonds is 4. The summed E-state index contributed by atoms with van der Waals surface area (Å²) in [6, 6.07) is 11.7. The summed E-state index contributed by atoms with van der Waals surface area (Å²) in [5.74, 6) is 7.74. The molecule has 0 radical (unpaired) electrons. The van der Waals surface area contributed by atoms with E-state index in [2.05, 4.69) is 55.8 Å². The molecule has 1 amide bonds. The molecule has 2 saturated heterocycles. The average Bonchev–Trinajstić information content (AvgIpc) is 3.21. The Morgan fingerprint density at radius 1 is 1.10 bits per heavy atom. The minimum atomic E-state index is -0.311. The number of ether oxygens (including phenoxy) is 1. The van der Waals surface area contributed by atoms with Crippen LogP contribution in [0.25, 0.3) is 0 Å². The number of halogens is 1. The van der Waals surface area contributed by atoms with Crippen molar-refractivity contribution in [2.75, 3.05) is 26.2 Å². The van der Waals surface area contributed by atoms with E-state index in [1.807, 2.05) is 17.0 Å². The van der Waals surface area contributed by atoms with Crippen LogP contribution in [0.15, 0.2) is 30.3 Å². The van der Waals surface area contributed by atoms with Crippen LogP contribution in [-0.2, 0) is 6.54 Å². The first kappa shape index (κ1) is 27.1. The molecule has 6 rings (SSSR count). The van der Waals surface area contributed by atoms with E-state index in [0.29, 0.717) is 40.4 Å². The van der Waals surface area contributed by atoms with E-state index in [9.17, 15) is 10.1 Å². The van der Waals surface area contributed by atoms with Crippen LogP contribution in [0.2, 0.25) is 5.02 Å². The predicted molar refractivity (Wildman–Crippen MR) is 154 cm³/mol. The highest BCUT2D eigenvalue weighted by atomic mass is 35.5. The lowest BCUT2D eigenvalue weighted by atomic mass is 9.49. The normalized spacial score (nSPS) is 25.7. The third kappa shape index (κ3) is 4.55. The molecule has 0 spiro atoms. The van der Waals surface area contributed by atoms with Gasteiger partial charge in [0.1, 0.15) is 23.6 Å². The molecule has 1 N–H and O–H groups in total. The van der Waals surface area contributed by atoms with Gasteiger partial charge in [-0.1, -0.05) is 45.2 Å². The lowest BCUT2D eigenvalue weighted by Gasteiger charge is -2.65. The fraction of sp³-hybridized carbons (Fsp3) is 0.531. The Morgan fingerprint density at radius 2 is 1.82 bits per heavy atom. The van der Waals surface area contributed by atoms with Crippen LogP contribution in [0.5, 0.6) is 5.75 Å². The quantitative estimate of drug-likeness (QED) is 0.558. The standard InChI is InChI=1S/C32H36ClN5O2/c1-31(2)29(32(3,4)30(31)40-24-9-6-21(16-34)26(33)15-24)38-19-27-25(28(38)39)10-8-22(36-27)7-5-20-17-37(18-20)23-11-13-35-14-12-23/h6,8-10,15,20,23,29-30,35H,11-14,17-19H2,1-4H3/t29-,30-. The highest BCUT2D eigenvalue weighted by molar-refractivity contribution is 6.31. The number of nitrogens with one attached hydrogen (secondary N) is 1. The van der Waals surface area contributed by atoms with Crippen LogP contribution in [0, 0.1) is 39.9 Å². The van der Waals surface area contributed by atoms with Crippen LogP contribution in [-0.4, -0.2) is 65.1 Å². The van der Waals surface area contributed by atoms with Gasteiger partial charge in [-0.3, -0.25) is 9.69 Å². The third-order valence-corrected chi connectivity index (χ3v) is 9.63. The monoisotopic (exact) mass is 557 g/mol. The van der Waals surface area contributed by atoms with Crippen molar-refractivity contribution >= 4 is 17.5 Å². The van der Waals surface area contributed by atoms with Gasteiger partial charge < -0.3 is 15.0 Å². The molecular formula is C32H36ClN5O2. The Balaban J connectivity index is 1.12. The summed E-state index contributed by atoms with van der Waals surface area (Å²) in [4.78, 5) is 22.9. The second kappa shape index (κ2) is 10.1. The Morgan fingerprint density at radius 3 is 2.50 bits per heavy atom. The lowest BCUT2D eigenvalue weighted by molar-refractivity contribution is -0.199. The fourth-order valence-electron chi connectivity index (χ4n) is 7.74. The highest BCUT2D eigenvalue weighted by Crippen LogP contribution is 2.59. The molecule has 1 aromatic heterocycles. The molecule has 208 valence electrons. The lowest BCUT2D eigenvalue weighted by Crippen LogP contribution is -2.74. The summed E-state index contributed by atoms with van der Waals surface area (Å²) in [6.45, 7) is 13.4. The van der Waals surface area contributed by atoms with Gasteiger partial charge in [0, 0.05) is 48.0 Å². The summed E-state index contributed by atoms with van der Waals surface area (Å²) in [5.41, 5.74) is 2.00. The van der Waals surface area contributed by atoms with Crippen molar-refractivity contribution in [1.82, 2.24) is 20.1 Å². The van der Waals surface area contributed by atoms with Crippen molar-refractivity contribution in [2.45, 2.75) is 65.3 Å². The minimum Gasteiger partial charge on any atom is -0.489 e. The number of amides is 1. The summed E-state index contributed by atoms with van der Waals surface area (Å²) in [7, 11) is 0. The number of carbonyl (C=O) groups is 1. The summed E-state index contributed by atoms with van der Waals surface area (Å²) >= 11 is 6.25. The zero-order chi connectivity index (χ0) is 28.2. The van der Waals surface area contributed by atoms with Gasteiger partial charge in [-0.25, -0.2) is 4.98 Å². The Hall–Kier alpha value is -3.10. The van der Waals surface area contributed by atoms with E-state index in [0.717, 1.165) is 37.6 Å². The Bertz CT molecular complexity index is 1420. The molecule has 0 unspecified atom stereocenters. The smallest absolute Gasteiger partial charge is 0.256 e. The van der Waals surface area contributed by atoms with E-state index < -0.39 is 0 Å². The number of pyridine rings is 1. The number of carbonyl (C=O) groups excluding carboxylic acids is 1. The Kier molecular flexibility index (Phi) is 6.82. The van der Waals surface area contributed by atoms with Crippen molar-refractivity contribution in [3.63, 3.8) is 0 Å². The maximum Gasteiger partial charge on any atom is 0.256 e. The van der Waals surface area contributed by atoms with E-state index >= 15 is 0 Å². The maximum absolute atomic E-state index is 13.6. The maximum atomic E-state index is 13.6. The third-order valence-electron chi connectivity index (χ3n) is 9.31. The van der Waals surface area contributed by atoms with Gasteiger partial charge in [0.05, 0.1) is 28.4 Å². The number of likely N-dealkylation sites (tertiary alicyclic amines) is 1. The van der Waals surface area contributed by atoms with Crippen molar-refractivity contribution in [2.24, 2.45) is 16.7 Å². The van der Waals surface area contributed by atoms with Crippen molar-refractivity contribution < 1.29 is 9.53 Å². The van der Waals surface area contributed by atoms with E-state index in [1.54, 1.807) is 18.2 Å². The number of nitriles is 1. The van der Waals surface area contributed by atoms with Crippen LogP contribution < -0.4 is 10.1 Å². The van der Waals surface area contributed by atoms with Gasteiger partial charge in [0.2, 0.25) is 0 Å². The molecule has 4 heterocycles. The van der Waals surface area contributed by atoms with Crippen molar-refractivity contribution in [1.29, 1.82) is 5.26 Å². The molecule has 0 atom stereocenters. The molecule has 2 aromatic rings. The molecule has 1 aromatic carbocycles. The number of hydrogen-bond acceptors (Lipinski definition) is 6. The van der Waals surface area contributed by atoms with Crippen molar-refractivity contribution in [3.05, 3.63) is 57.9 Å². The van der Waals surface area contributed by atoms with Gasteiger partial charge >= 0.3 is 0 Å². The van der Waals surface area contributed by atoms with E-state index in [-0.39, 0.29) is 28.9 Å². The summed E-state index contributed by atoms with van der Waals surface area (Å²) < 4.78 is 6.43. The molecule has 0 bridgehead atoms. The van der Waals surface area contributed by atoms with Crippen LogP contribution in [0.3, 0.4) is 0 Å². The molecule has 1 aliphatic carbocycles. The van der Waals surface area contributed by atoms with Crippen LogP contribution in [0.4, 0.5) is 0 Å². The topological polar surface area (TPSA) is 81.5 Å². The number of piperidine rings is 1. The number of hydrogen-bond donors (Lipinski definition) is 1. The largest absolute Gasteiger partial charge is 0.489 e. The molecule has 40 heavy (non-hydrogen) atoms. The van der Waals surface area contributed by atoms with Gasteiger partial charge in [0.25, 0.3) is 5.91 Å². The first-order valence-corrected chi connectivity index (χ1v) is 14.6. The molecule has 4 aliphatic rings. The number of fused-ring (bicyclic) bond motifs is 1. The second-order valence-corrected chi connectivity index (χ2v) is 13.2. The van der Waals surface area contributed by atoms with Gasteiger partial charge in [-0.2, -0.15) is 5.26 Å². The number of nitrogens with zero attached hydrogens (tertiary/aromatic N) is 4. The molecule has 1 saturated carbocycles. The van der Waals surface area contributed by atoms with Gasteiger partial charge in [-0.05, 0) is 56.1 Å². The van der Waals surface area contributed by atoms with Crippen LogP contribution in [0.1, 0.15) is 67.8 Å². The SMILES string of the molecule is CC1(C)[C@H](Oc2ccc(C#N)c(Cl)c2)C(C)(C)[C@H]1N1Cc2nc(C#CC3CN(C4CCNCC4)C3)ccc2C1=O. The second-order valence-electron chi connectivity index (χ2n) is 12.8. The fourth-order valence-corrected chi connectivity index (χ4v) is 7.96. The van der Waals surface area contributed by atoms with Crippen molar-refractivity contribution in [3.8, 4) is 23.7 Å². The first-order chi connectivity index (χ1) is 19.1.